The highest BCUT2D eigenvalue weighted by Crippen LogP contribution is 2.12. The number of hydrogen-bond donors (Lipinski definition) is 3. The molecule has 0 aliphatic carbocycles. The van der Waals surface area contributed by atoms with Gasteiger partial charge in [-0.25, -0.2) is 0 Å². The highest BCUT2D eigenvalue weighted by molar-refractivity contribution is 7.80. The van der Waals surface area contributed by atoms with Crippen molar-refractivity contribution in [3.63, 3.8) is 0 Å². The molecule has 0 saturated heterocycles. The molecule has 26 heavy (non-hydrogen) atoms. The van der Waals surface area contributed by atoms with Crippen molar-refractivity contribution in [2.45, 2.75) is 0 Å². The quantitative estimate of drug-likeness (QED) is 0.521. The minimum absolute atomic E-state index is 0.127. The van der Waals surface area contributed by atoms with E-state index in [1.807, 2.05) is 0 Å². The first-order valence-corrected chi connectivity index (χ1v) is 8.53. The lowest BCUT2D eigenvalue weighted by Gasteiger charge is -2.11. The lowest BCUT2D eigenvalue weighted by Crippen LogP contribution is -2.34. The molecule has 0 bridgehead atoms. The van der Waals surface area contributed by atoms with Crippen molar-refractivity contribution >= 4 is 46.4 Å². The van der Waals surface area contributed by atoms with E-state index in [0.29, 0.717) is 35.0 Å². The van der Waals surface area contributed by atoms with Crippen LogP contribution in [0, 0.1) is 0 Å². The number of rotatable bonds is 6. The second-order valence-electron chi connectivity index (χ2n) is 5.24. The normalized spacial score (nSPS) is 10.1. The molecule has 0 saturated carbocycles. The molecule has 2 rings (SSSR count). The average molecular weight is 392 g/mol. The van der Waals surface area contributed by atoms with Crippen LogP contribution in [0.3, 0.4) is 0 Å². The second-order valence-corrected chi connectivity index (χ2v) is 6.09. The van der Waals surface area contributed by atoms with Crippen LogP contribution in [-0.4, -0.2) is 37.2 Å². The summed E-state index contributed by atoms with van der Waals surface area (Å²) < 4.78 is 4.89. The molecule has 2 aromatic rings. The Morgan fingerprint density at radius 3 is 2.50 bits per heavy atom. The summed E-state index contributed by atoms with van der Waals surface area (Å²) in [5.74, 6) is -0.575. The van der Waals surface area contributed by atoms with Crippen molar-refractivity contribution < 1.29 is 14.3 Å². The molecule has 8 heteroatoms. The smallest absolute Gasteiger partial charge is 0.257 e. The van der Waals surface area contributed by atoms with E-state index in [9.17, 15) is 9.59 Å². The summed E-state index contributed by atoms with van der Waals surface area (Å²) in [6, 6.07) is 13.2. The van der Waals surface area contributed by atoms with E-state index in [0.717, 1.165) is 0 Å². The lowest BCUT2D eigenvalue weighted by molar-refractivity contribution is 0.0935. The maximum absolute atomic E-state index is 12.1. The maximum Gasteiger partial charge on any atom is 0.257 e. The van der Waals surface area contributed by atoms with Crippen molar-refractivity contribution in [3.05, 3.63) is 64.7 Å². The third-order valence-corrected chi connectivity index (χ3v) is 3.76. The number of nitrogens with one attached hydrogen (secondary N) is 3. The first kappa shape index (κ1) is 19.8. The van der Waals surface area contributed by atoms with Gasteiger partial charge in [-0.1, -0.05) is 17.7 Å². The Hall–Kier alpha value is -2.48. The van der Waals surface area contributed by atoms with Crippen LogP contribution in [-0.2, 0) is 4.74 Å². The fourth-order valence-corrected chi connectivity index (χ4v) is 2.38. The van der Waals surface area contributed by atoms with Gasteiger partial charge in [-0.05, 0) is 54.7 Å². The van der Waals surface area contributed by atoms with E-state index < -0.39 is 0 Å². The molecule has 3 N–H and O–H groups in total. The van der Waals surface area contributed by atoms with Crippen molar-refractivity contribution in [1.82, 2.24) is 10.6 Å². The minimum atomic E-state index is -0.354. The number of carbonyl (C=O) groups excluding carboxylic acids is 2. The maximum atomic E-state index is 12.1. The number of halogens is 1. The number of hydrogen-bond acceptors (Lipinski definition) is 4. The van der Waals surface area contributed by atoms with Crippen LogP contribution < -0.4 is 16.0 Å². The summed E-state index contributed by atoms with van der Waals surface area (Å²) in [7, 11) is 1.57. The van der Waals surface area contributed by atoms with E-state index in [-0.39, 0.29) is 16.9 Å². The van der Waals surface area contributed by atoms with Crippen molar-refractivity contribution in [3.8, 4) is 0 Å². The molecule has 0 spiro atoms. The van der Waals surface area contributed by atoms with Gasteiger partial charge in [0.2, 0.25) is 0 Å². The van der Waals surface area contributed by atoms with E-state index in [1.165, 1.54) is 0 Å². The van der Waals surface area contributed by atoms with Crippen molar-refractivity contribution in [2.75, 3.05) is 25.6 Å². The van der Waals surface area contributed by atoms with E-state index >= 15 is 0 Å². The predicted octanol–water partition coefficient (Wildman–Crippen LogP) is 2.84. The number of anilines is 1. The van der Waals surface area contributed by atoms with Gasteiger partial charge in [0.25, 0.3) is 11.8 Å². The number of carbonyl (C=O) groups is 2. The summed E-state index contributed by atoms with van der Waals surface area (Å²) in [5.41, 5.74) is 1.49. The summed E-state index contributed by atoms with van der Waals surface area (Å²) in [6.45, 7) is 0.854. The molecule has 2 aromatic carbocycles. The van der Waals surface area contributed by atoms with Crippen LogP contribution in [0.25, 0.3) is 0 Å². The van der Waals surface area contributed by atoms with Crippen LogP contribution in [0.4, 0.5) is 5.69 Å². The summed E-state index contributed by atoms with van der Waals surface area (Å²) in [5, 5.41) is 8.87. The average Bonchev–Trinajstić information content (AvgIpc) is 2.62. The molecule has 0 heterocycles. The molecule has 0 atom stereocenters. The SMILES string of the molecule is COCCNC(=O)c1cccc(NC(=S)NC(=O)c2ccc(Cl)cc2)c1. The largest absolute Gasteiger partial charge is 0.383 e. The molecule has 0 radical (unpaired) electrons. The Morgan fingerprint density at radius 2 is 1.81 bits per heavy atom. The Morgan fingerprint density at radius 1 is 1.08 bits per heavy atom. The zero-order valence-electron chi connectivity index (χ0n) is 14.0. The van der Waals surface area contributed by atoms with Gasteiger partial charge in [0.1, 0.15) is 0 Å². The van der Waals surface area contributed by atoms with Crippen LogP contribution in [0.1, 0.15) is 20.7 Å². The third-order valence-electron chi connectivity index (χ3n) is 3.31. The van der Waals surface area contributed by atoms with E-state index in [2.05, 4.69) is 16.0 Å². The Labute approximate surface area is 161 Å². The van der Waals surface area contributed by atoms with Crippen LogP contribution in [0.15, 0.2) is 48.5 Å². The molecule has 6 nitrogen and oxygen atoms in total. The highest BCUT2D eigenvalue weighted by Gasteiger charge is 2.09. The molecular weight excluding hydrogens is 374 g/mol. The van der Waals surface area contributed by atoms with Crippen molar-refractivity contribution in [1.29, 1.82) is 0 Å². The molecule has 2 amide bonds. The summed E-state index contributed by atoms with van der Waals surface area (Å²) >= 11 is 10.9. The van der Waals surface area contributed by atoms with Crippen LogP contribution in [0.2, 0.25) is 5.02 Å². The molecule has 0 fully saturated rings. The number of ether oxygens (including phenoxy) is 1. The Kier molecular flexibility index (Phi) is 7.53. The second kappa shape index (κ2) is 9.86. The standard InChI is InChI=1S/C18H18ClN3O3S/c1-25-10-9-20-16(23)13-3-2-4-15(11-13)21-18(26)22-17(24)12-5-7-14(19)8-6-12/h2-8,11H,9-10H2,1H3,(H,20,23)(H2,21,22,24,26). The van der Waals surface area contributed by atoms with E-state index in [1.54, 1.807) is 55.6 Å². The topological polar surface area (TPSA) is 79.5 Å². The van der Waals surface area contributed by atoms with Gasteiger partial charge < -0.3 is 15.4 Å². The van der Waals surface area contributed by atoms with Gasteiger partial charge in [0.05, 0.1) is 6.61 Å². The predicted molar refractivity (Wildman–Crippen MR) is 106 cm³/mol. The van der Waals surface area contributed by atoms with Gasteiger partial charge >= 0.3 is 0 Å². The Bertz CT molecular complexity index is 797. The molecule has 0 unspecified atom stereocenters. The number of methoxy groups -OCH3 is 1. The van der Waals surface area contributed by atoms with Crippen LogP contribution in [0.5, 0.6) is 0 Å². The zero-order chi connectivity index (χ0) is 18.9. The van der Waals surface area contributed by atoms with Gasteiger partial charge in [-0.3, -0.25) is 14.9 Å². The van der Waals surface area contributed by atoms with Gasteiger partial charge in [0, 0.05) is 35.5 Å². The summed E-state index contributed by atoms with van der Waals surface area (Å²) in [4.78, 5) is 24.2. The van der Waals surface area contributed by atoms with Gasteiger partial charge in [0.15, 0.2) is 5.11 Å². The van der Waals surface area contributed by atoms with E-state index in [4.69, 9.17) is 28.6 Å². The number of thiocarbonyl (C=S) groups is 1. The molecule has 0 aromatic heterocycles. The fourth-order valence-electron chi connectivity index (χ4n) is 2.05. The number of amides is 2. The minimum Gasteiger partial charge on any atom is -0.383 e. The number of benzene rings is 2. The van der Waals surface area contributed by atoms with Gasteiger partial charge in [-0.15, -0.1) is 0 Å². The third kappa shape index (κ3) is 6.11. The lowest BCUT2D eigenvalue weighted by atomic mass is 10.2. The van der Waals surface area contributed by atoms with Crippen LogP contribution >= 0.6 is 23.8 Å². The fraction of sp³-hybridized carbons (Fsp3) is 0.167. The molecule has 0 aliphatic rings. The van der Waals surface area contributed by atoms with Crippen molar-refractivity contribution in [2.24, 2.45) is 0 Å². The Balaban J connectivity index is 1.94. The molecular formula is C18H18ClN3O3S. The first-order chi connectivity index (χ1) is 12.5. The molecule has 0 aliphatic heterocycles. The summed E-state index contributed by atoms with van der Waals surface area (Å²) in [6.07, 6.45) is 0. The molecule has 136 valence electrons. The first-order valence-electron chi connectivity index (χ1n) is 7.74. The highest BCUT2D eigenvalue weighted by atomic mass is 35.5. The van der Waals surface area contributed by atoms with Gasteiger partial charge in [-0.2, -0.15) is 0 Å². The zero-order valence-corrected chi connectivity index (χ0v) is 15.6. The monoisotopic (exact) mass is 391 g/mol.